The molecule has 4 N–H and O–H groups in total. The van der Waals surface area contributed by atoms with Crippen LogP contribution in [-0.2, 0) is 16.0 Å². The van der Waals surface area contributed by atoms with Crippen LogP contribution in [0.1, 0.15) is 24.8 Å². The van der Waals surface area contributed by atoms with Gasteiger partial charge in [0.25, 0.3) is 0 Å². The number of hydrogen-bond donors (Lipinski definition) is 3. The highest BCUT2D eigenvalue weighted by Crippen LogP contribution is 2.28. The van der Waals surface area contributed by atoms with Crippen LogP contribution in [0.25, 0.3) is 0 Å². The Bertz CT molecular complexity index is 482. The summed E-state index contributed by atoms with van der Waals surface area (Å²) in [5.41, 5.74) is 6.49. The van der Waals surface area contributed by atoms with Gasteiger partial charge in [-0.15, -0.1) is 12.4 Å². The van der Waals surface area contributed by atoms with Gasteiger partial charge in [-0.05, 0) is 30.7 Å². The molecule has 0 aliphatic heterocycles. The normalized spacial score (nSPS) is 20.0. The van der Waals surface area contributed by atoms with Crippen LogP contribution in [0.15, 0.2) is 30.3 Å². The number of halogens is 1. The van der Waals surface area contributed by atoms with Crippen molar-refractivity contribution in [2.75, 3.05) is 13.1 Å². The summed E-state index contributed by atoms with van der Waals surface area (Å²) in [5, 5.41) is 5.53. The third-order valence-corrected chi connectivity index (χ3v) is 3.98. The zero-order valence-corrected chi connectivity index (χ0v) is 13.4. The molecule has 2 amide bonds. The fourth-order valence-electron chi connectivity index (χ4n) is 2.90. The summed E-state index contributed by atoms with van der Waals surface area (Å²) in [6, 6.07) is 10.5. The molecule has 0 aromatic heterocycles. The molecule has 1 fully saturated rings. The van der Waals surface area contributed by atoms with Gasteiger partial charge >= 0.3 is 0 Å². The van der Waals surface area contributed by atoms with Gasteiger partial charge in [-0.2, -0.15) is 0 Å². The molecule has 2 atom stereocenters. The van der Waals surface area contributed by atoms with E-state index < -0.39 is 0 Å². The van der Waals surface area contributed by atoms with Gasteiger partial charge in [-0.25, -0.2) is 0 Å². The van der Waals surface area contributed by atoms with Crippen molar-refractivity contribution >= 4 is 24.2 Å². The van der Waals surface area contributed by atoms with Gasteiger partial charge in [0.2, 0.25) is 11.8 Å². The molecule has 0 bridgehead atoms. The van der Waals surface area contributed by atoms with E-state index >= 15 is 0 Å². The third-order valence-electron chi connectivity index (χ3n) is 3.98. The molecule has 1 aliphatic carbocycles. The molecule has 5 nitrogen and oxygen atoms in total. The average molecular weight is 326 g/mol. The minimum absolute atomic E-state index is 0. The predicted octanol–water partition coefficient (Wildman–Crippen LogP) is 1.01. The Morgan fingerprint density at radius 2 is 1.86 bits per heavy atom. The third kappa shape index (κ3) is 5.66. The Kier molecular flexibility index (Phi) is 7.91. The molecule has 0 heterocycles. The van der Waals surface area contributed by atoms with E-state index in [1.807, 2.05) is 18.2 Å². The van der Waals surface area contributed by atoms with Crippen LogP contribution >= 0.6 is 12.4 Å². The minimum atomic E-state index is -0.308. The molecular formula is C16H24ClN3O2. The van der Waals surface area contributed by atoms with Gasteiger partial charge in [0, 0.05) is 6.04 Å². The van der Waals surface area contributed by atoms with Crippen LogP contribution in [0.3, 0.4) is 0 Å². The van der Waals surface area contributed by atoms with E-state index in [9.17, 15) is 9.59 Å². The number of carbonyl (C=O) groups is 2. The van der Waals surface area contributed by atoms with Crippen molar-refractivity contribution in [2.24, 2.45) is 11.7 Å². The van der Waals surface area contributed by atoms with Crippen molar-refractivity contribution in [3.8, 4) is 0 Å². The Hall–Kier alpha value is -1.59. The first-order valence-corrected chi connectivity index (χ1v) is 7.49. The zero-order valence-electron chi connectivity index (χ0n) is 12.6. The Morgan fingerprint density at radius 3 is 2.55 bits per heavy atom. The molecule has 22 heavy (non-hydrogen) atoms. The SMILES string of the molecule is Cl.NCC(=O)NCC(=O)NC1CCCC1Cc1ccccc1. The lowest BCUT2D eigenvalue weighted by Crippen LogP contribution is -2.44. The molecule has 1 aromatic rings. The first-order chi connectivity index (χ1) is 10.2. The maximum Gasteiger partial charge on any atom is 0.239 e. The van der Waals surface area contributed by atoms with Crippen molar-refractivity contribution in [3.63, 3.8) is 0 Å². The van der Waals surface area contributed by atoms with Crippen molar-refractivity contribution in [1.29, 1.82) is 0 Å². The summed E-state index contributed by atoms with van der Waals surface area (Å²) in [6.45, 7) is -0.0854. The predicted molar refractivity (Wildman–Crippen MR) is 88.7 cm³/mol. The molecule has 1 aliphatic rings. The summed E-state index contributed by atoms with van der Waals surface area (Å²) < 4.78 is 0. The summed E-state index contributed by atoms with van der Waals surface area (Å²) in [5.74, 6) is 0.0285. The number of nitrogens with two attached hydrogens (primary N) is 1. The largest absolute Gasteiger partial charge is 0.352 e. The number of nitrogens with one attached hydrogen (secondary N) is 2. The maximum atomic E-state index is 11.9. The molecule has 2 unspecified atom stereocenters. The average Bonchev–Trinajstić information content (AvgIpc) is 2.93. The van der Waals surface area contributed by atoms with E-state index in [0.717, 1.165) is 25.7 Å². The van der Waals surface area contributed by atoms with Crippen molar-refractivity contribution in [2.45, 2.75) is 31.7 Å². The number of hydrogen-bond acceptors (Lipinski definition) is 3. The summed E-state index contributed by atoms with van der Waals surface area (Å²) in [4.78, 5) is 22.9. The quantitative estimate of drug-likeness (QED) is 0.730. The van der Waals surface area contributed by atoms with E-state index in [-0.39, 0.29) is 43.4 Å². The number of rotatable bonds is 6. The second-order valence-corrected chi connectivity index (χ2v) is 5.54. The van der Waals surface area contributed by atoms with Crippen LogP contribution in [0.4, 0.5) is 0 Å². The van der Waals surface area contributed by atoms with Gasteiger partial charge in [0.1, 0.15) is 0 Å². The molecule has 0 spiro atoms. The molecule has 0 saturated heterocycles. The minimum Gasteiger partial charge on any atom is -0.352 e. The first kappa shape index (κ1) is 18.5. The molecule has 1 saturated carbocycles. The van der Waals surface area contributed by atoms with Crippen molar-refractivity contribution in [1.82, 2.24) is 10.6 Å². The Balaban J connectivity index is 0.00000242. The van der Waals surface area contributed by atoms with Gasteiger partial charge < -0.3 is 16.4 Å². The maximum absolute atomic E-state index is 11.9. The highest BCUT2D eigenvalue weighted by atomic mass is 35.5. The Labute approximate surface area is 137 Å². The second kappa shape index (κ2) is 9.43. The van der Waals surface area contributed by atoms with Crippen molar-refractivity contribution < 1.29 is 9.59 Å². The van der Waals surface area contributed by atoms with Gasteiger partial charge in [-0.1, -0.05) is 36.8 Å². The summed E-state index contributed by atoms with van der Waals surface area (Å²) >= 11 is 0. The van der Waals surface area contributed by atoms with Crippen LogP contribution < -0.4 is 16.4 Å². The highest BCUT2D eigenvalue weighted by molar-refractivity contribution is 5.85. The molecule has 122 valence electrons. The van der Waals surface area contributed by atoms with Gasteiger partial charge in [-0.3, -0.25) is 9.59 Å². The lowest BCUT2D eigenvalue weighted by atomic mass is 9.94. The second-order valence-electron chi connectivity index (χ2n) is 5.54. The summed E-state index contributed by atoms with van der Waals surface area (Å²) in [6.07, 6.45) is 4.27. The smallest absolute Gasteiger partial charge is 0.239 e. The van der Waals surface area contributed by atoms with E-state index in [4.69, 9.17) is 5.73 Å². The molecule has 1 aromatic carbocycles. The van der Waals surface area contributed by atoms with Crippen LogP contribution in [0.2, 0.25) is 0 Å². The standard InChI is InChI=1S/C16H23N3O2.ClH/c17-10-15(20)18-11-16(21)19-14-8-4-7-13(14)9-12-5-2-1-3-6-12;/h1-3,5-6,13-14H,4,7-11,17H2,(H,18,20)(H,19,21);1H. The van der Waals surface area contributed by atoms with Crippen LogP contribution in [-0.4, -0.2) is 30.9 Å². The number of benzene rings is 1. The summed E-state index contributed by atoms with van der Waals surface area (Å²) in [7, 11) is 0. The molecule has 6 heteroatoms. The van der Waals surface area contributed by atoms with E-state index in [1.165, 1.54) is 5.56 Å². The lowest BCUT2D eigenvalue weighted by Gasteiger charge is -2.21. The number of amides is 2. The van der Waals surface area contributed by atoms with Gasteiger partial charge in [0.15, 0.2) is 0 Å². The first-order valence-electron chi connectivity index (χ1n) is 7.49. The Morgan fingerprint density at radius 1 is 1.14 bits per heavy atom. The fraction of sp³-hybridized carbons (Fsp3) is 0.500. The monoisotopic (exact) mass is 325 g/mol. The van der Waals surface area contributed by atoms with E-state index in [0.29, 0.717) is 5.92 Å². The lowest BCUT2D eigenvalue weighted by molar-refractivity contribution is -0.125. The van der Waals surface area contributed by atoms with E-state index in [1.54, 1.807) is 0 Å². The van der Waals surface area contributed by atoms with Crippen molar-refractivity contribution in [3.05, 3.63) is 35.9 Å². The zero-order chi connectivity index (χ0) is 15.1. The number of carbonyl (C=O) groups excluding carboxylic acids is 2. The van der Waals surface area contributed by atoms with Gasteiger partial charge in [0.05, 0.1) is 13.1 Å². The van der Waals surface area contributed by atoms with Crippen LogP contribution in [0.5, 0.6) is 0 Å². The molecular weight excluding hydrogens is 302 g/mol. The fourth-order valence-corrected chi connectivity index (χ4v) is 2.90. The van der Waals surface area contributed by atoms with Crippen LogP contribution in [0, 0.1) is 5.92 Å². The topological polar surface area (TPSA) is 84.2 Å². The highest BCUT2D eigenvalue weighted by Gasteiger charge is 2.28. The van der Waals surface area contributed by atoms with E-state index in [2.05, 4.69) is 22.8 Å². The molecule has 0 radical (unpaired) electrons. The molecule has 2 rings (SSSR count).